The van der Waals surface area contributed by atoms with E-state index in [2.05, 4.69) is 36.1 Å². The minimum absolute atomic E-state index is 0.183. The highest BCUT2D eigenvalue weighted by Gasteiger charge is 2.22. The number of carbonyl (C=O) groups excluding carboxylic acids is 1. The third kappa shape index (κ3) is 4.25. The van der Waals surface area contributed by atoms with Crippen molar-refractivity contribution in [2.24, 2.45) is 0 Å². The van der Waals surface area contributed by atoms with Crippen molar-refractivity contribution in [1.82, 2.24) is 9.80 Å². The van der Waals surface area contributed by atoms with Gasteiger partial charge in [0.25, 0.3) is 0 Å². The van der Waals surface area contributed by atoms with E-state index in [0.29, 0.717) is 19.6 Å². The molecule has 2 aliphatic rings. The molecule has 142 valence electrons. The molecule has 0 radical (unpaired) electrons. The Morgan fingerprint density at radius 3 is 2.48 bits per heavy atom. The van der Waals surface area contributed by atoms with Crippen molar-refractivity contribution in [1.29, 1.82) is 0 Å². The second-order valence-corrected chi connectivity index (χ2v) is 7.24. The van der Waals surface area contributed by atoms with E-state index in [1.165, 1.54) is 11.1 Å². The summed E-state index contributed by atoms with van der Waals surface area (Å²) in [6.07, 6.45) is 0.411. The smallest absolute Gasteiger partial charge is 0.227 e. The molecule has 0 N–H and O–H groups in total. The number of amides is 1. The average molecular weight is 366 g/mol. The van der Waals surface area contributed by atoms with Gasteiger partial charge in [0.1, 0.15) is 13.2 Å². The molecule has 0 spiro atoms. The monoisotopic (exact) mass is 366 g/mol. The van der Waals surface area contributed by atoms with E-state index in [4.69, 9.17) is 9.47 Å². The Morgan fingerprint density at radius 2 is 1.70 bits per heavy atom. The highest BCUT2D eigenvalue weighted by molar-refractivity contribution is 5.79. The summed E-state index contributed by atoms with van der Waals surface area (Å²) in [5.41, 5.74) is 3.68. The molecule has 27 heavy (non-hydrogen) atoms. The molecule has 0 saturated carbocycles. The lowest BCUT2D eigenvalue weighted by Gasteiger charge is -2.35. The summed E-state index contributed by atoms with van der Waals surface area (Å²) in [6.45, 7) is 7.66. The van der Waals surface area contributed by atoms with Gasteiger partial charge in [-0.3, -0.25) is 9.69 Å². The number of hydrogen-bond acceptors (Lipinski definition) is 4. The van der Waals surface area contributed by atoms with Crippen molar-refractivity contribution < 1.29 is 14.3 Å². The van der Waals surface area contributed by atoms with Gasteiger partial charge in [-0.2, -0.15) is 0 Å². The maximum Gasteiger partial charge on any atom is 0.227 e. The van der Waals surface area contributed by atoms with Gasteiger partial charge in [-0.1, -0.05) is 30.3 Å². The number of piperazine rings is 1. The van der Waals surface area contributed by atoms with Crippen LogP contribution in [0.4, 0.5) is 0 Å². The van der Waals surface area contributed by atoms with Crippen LogP contribution >= 0.6 is 0 Å². The molecule has 1 fully saturated rings. The number of nitrogens with zero attached hydrogens (tertiary/aromatic N) is 2. The topological polar surface area (TPSA) is 42.0 Å². The lowest BCUT2D eigenvalue weighted by molar-refractivity contribution is -0.132. The fraction of sp³-hybridized carbons (Fsp3) is 0.409. The quantitative estimate of drug-likeness (QED) is 0.834. The number of aryl methyl sites for hydroxylation is 1. The van der Waals surface area contributed by atoms with Crippen molar-refractivity contribution in [2.75, 3.05) is 39.4 Å². The third-order valence-corrected chi connectivity index (χ3v) is 5.34. The zero-order chi connectivity index (χ0) is 18.6. The Labute approximate surface area is 160 Å². The van der Waals surface area contributed by atoms with E-state index < -0.39 is 0 Å². The average Bonchev–Trinajstić information content (AvgIpc) is 2.70. The third-order valence-electron chi connectivity index (χ3n) is 5.34. The molecule has 5 nitrogen and oxygen atoms in total. The van der Waals surface area contributed by atoms with Crippen LogP contribution in [-0.4, -0.2) is 55.1 Å². The number of benzene rings is 2. The Balaban J connectivity index is 1.30. The van der Waals surface area contributed by atoms with Crippen LogP contribution in [0.25, 0.3) is 0 Å². The number of carbonyl (C=O) groups is 1. The van der Waals surface area contributed by atoms with Gasteiger partial charge in [0, 0.05) is 32.7 Å². The van der Waals surface area contributed by atoms with Crippen molar-refractivity contribution in [3.05, 3.63) is 59.2 Å². The van der Waals surface area contributed by atoms with Crippen molar-refractivity contribution in [2.45, 2.75) is 19.9 Å². The van der Waals surface area contributed by atoms with E-state index >= 15 is 0 Å². The van der Waals surface area contributed by atoms with Gasteiger partial charge in [-0.15, -0.1) is 0 Å². The Bertz CT molecular complexity index is 813. The summed E-state index contributed by atoms with van der Waals surface area (Å²) in [5.74, 6) is 1.69. The lowest BCUT2D eigenvalue weighted by atomic mass is 10.1. The molecule has 2 aromatic rings. The van der Waals surface area contributed by atoms with Gasteiger partial charge < -0.3 is 14.4 Å². The Morgan fingerprint density at radius 1 is 0.963 bits per heavy atom. The standard InChI is InChI=1S/C22H26N2O3/c1-17-4-2-3-5-19(17)16-23-8-10-24(11-9-23)22(25)15-18-6-7-20-21(14-18)27-13-12-26-20/h2-7,14H,8-13,15-16H2,1H3. The van der Waals surface area contributed by atoms with Crippen LogP contribution < -0.4 is 9.47 Å². The first-order valence-electron chi connectivity index (χ1n) is 9.62. The van der Waals surface area contributed by atoms with Gasteiger partial charge in [0.15, 0.2) is 11.5 Å². The molecule has 2 aliphatic heterocycles. The predicted octanol–water partition coefficient (Wildman–Crippen LogP) is 2.65. The number of rotatable bonds is 4. The minimum atomic E-state index is 0.183. The molecule has 1 saturated heterocycles. The molecule has 0 aliphatic carbocycles. The molecule has 5 heteroatoms. The molecule has 0 aromatic heterocycles. The largest absolute Gasteiger partial charge is 0.486 e. The van der Waals surface area contributed by atoms with Crippen LogP contribution in [0.5, 0.6) is 11.5 Å². The van der Waals surface area contributed by atoms with E-state index in [9.17, 15) is 4.79 Å². The number of hydrogen-bond donors (Lipinski definition) is 0. The first-order valence-corrected chi connectivity index (χ1v) is 9.62. The van der Waals surface area contributed by atoms with Crippen LogP contribution in [-0.2, 0) is 17.8 Å². The second-order valence-electron chi connectivity index (χ2n) is 7.24. The predicted molar refractivity (Wildman–Crippen MR) is 104 cm³/mol. The summed E-state index contributed by atoms with van der Waals surface area (Å²) in [4.78, 5) is 17.1. The minimum Gasteiger partial charge on any atom is -0.486 e. The van der Waals surface area contributed by atoms with Crippen molar-refractivity contribution >= 4 is 5.91 Å². The van der Waals surface area contributed by atoms with E-state index in [1.807, 2.05) is 23.1 Å². The summed E-state index contributed by atoms with van der Waals surface area (Å²) in [7, 11) is 0. The highest BCUT2D eigenvalue weighted by atomic mass is 16.6. The maximum absolute atomic E-state index is 12.7. The molecule has 2 aromatic carbocycles. The molecule has 0 unspecified atom stereocenters. The summed E-state index contributed by atoms with van der Waals surface area (Å²) in [5, 5.41) is 0. The molecular formula is C22H26N2O3. The molecule has 1 amide bonds. The Kier molecular flexibility index (Phi) is 5.30. The van der Waals surface area contributed by atoms with Crippen LogP contribution in [0, 0.1) is 6.92 Å². The first kappa shape index (κ1) is 17.9. The summed E-state index contributed by atoms with van der Waals surface area (Å²) in [6, 6.07) is 14.3. The molecule has 2 heterocycles. The number of ether oxygens (including phenoxy) is 2. The molecular weight excluding hydrogens is 340 g/mol. The lowest BCUT2D eigenvalue weighted by Crippen LogP contribution is -2.48. The van der Waals surface area contributed by atoms with Crippen LogP contribution in [0.2, 0.25) is 0 Å². The van der Waals surface area contributed by atoms with Crippen molar-refractivity contribution in [3.8, 4) is 11.5 Å². The van der Waals surface area contributed by atoms with Gasteiger partial charge in [-0.05, 0) is 35.7 Å². The Hall–Kier alpha value is -2.53. The maximum atomic E-state index is 12.7. The fourth-order valence-corrected chi connectivity index (χ4v) is 3.67. The fourth-order valence-electron chi connectivity index (χ4n) is 3.67. The van der Waals surface area contributed by atoms with Gasteiger partial charge in [-0.25, -0.2) is 0 Å². The number of fused-ring (bicyclic) bond motifs is 1. The van der Waals surface area contributed by atoms with E-state index in [-0.39, 0.29) is 5.91 Å². The summed E-state index contributed by atoms with van der Waals surface area (Å²) < 4.78 is 11.2. The van der Waals surface area contributed by atoms with Crippen LogP contribution in [0.3, 0.4) is 0 Å². The van der Waals surface area contributed by atoms with Gasteiger partial charge >= 0.3 is 0 Å². The van der Waals surface area contributed by atoms with Gasteiger partial charge in [0.2, 0.25) is 5.91 Å². The van der Waals surface area contributed by atoms with Crippen LogP contribution in [0.1, 0.15) is 16.7 Å². The van der Waals surface area contributed by atoms with Crippen molar-refractivity contribution in [3.63, 3.8) is 0 Å². The molecule has 0 atom stereocenters. The van der Waals surface area contributed by atoms with Crippen LogP contribution in [0.15, 0.2) is 42.5 Å². The molecule has 0 bridgehead atoms. The van der Waals surface area contributed by atoms with E-state index in [1.54, 1.807) is 0 Å². The van der Waals surface area contributed by atoms with E-state index in [0.717, 1.165) is 49.8 Å². The first-order chi connectivity index (χ1) is 13.2. The second kappa shape index (κ2) is 8.01. The summed E-state index contributed by atoms with van der Waals surface area (Å²) >= 11 is 0. The molecule has 4 rings (SSSR count). The normalized spacial score (nSPS) is 17.0. The zero-order valence-corrected chi connectivity index (χ0v) is 15.8. The SMILES string of the molecule is Cc1ccccc1CN1CCN(C(=O)Cc2ccc3c(c2)OCCO3)CC1. The van der Waals surface area contributed by atoms with Gasteiger partial charge in [0.05, 0.1) is 6.42 Å². The highest BCUT2D eigenvalue weighted by Crippen LogP contribution is 2.31. The zero-order valence-electron chi connectivity index (χ0n) is 15.8.